The van der Waals surface area contributed by atoms with E-state index in [0.29, 0.717) is 4.90 Å². The standard InChI is InChI=1S/C14H14FNS/c1-10(16)12-8-5-9-13(15)14(12)17-11-6-3-2-4-7-11/h2-10H,16H2,1H3/t10-/m0/s1. The maximum absolute atomic E-state index is 13.8. The zero-order valence-electron chi connectivity index (χ0n) is 9.56. The van der Waals surface area contributed by atoms with Gasteiger partial charge in [0.25, 0.3) is 0 Å². The van der Waals surface area contributed by atoms with E-state index in [-0.39, 0.29) is 11.9 Å². The Morgan fingerprint density at radius 2 is 1.76 bits per heavy atom. The number of nitrogens with two attached hydrogens (primary N) is 1. The van der Waals surface area contributed by atoms with Crippen LogP contribution in [0.3, 0.4) is 0 Å². The molecular weight excluding hydrogens is 233 g/mol. The van der Waals surface area contributed by atoms with Gasteiger partial charge in [0, 0.05) is 10.9 Å². The van der Waals surface area contributed by atoms with E-state index in [9.17, 15) is 4.39 Å². The molecule has 17 heavy (non-hydrogen) atoms. The van der Waals surface area contributed by atoms with Crippen molar-refractivity contribution in [3.63, 3.8) is 0 Å². The van der Waals surface area contributed by atoms with Gasteiger partial charge in [0.2, 0.25) is 0 Å². The number of halogens is 1. The van der Waals surface area contributed by atoms with Crippen LogP contribution in [0.4, 0.5) is 4.39 Å². The van der Waals surface area contributed by atoms with Gasteiger partial charge in [-0.2, -0.15) is 0 Å². The Balaban J connectivity index is 2.38. The quantitative estimate of drug-likeness (QED) is 0.887. The summed E-state index contributed by atoms with van der Waals surface area (Å²) in [4.78, 5) is 1.63. The monoisotopic (exact) mass is 247 g/mol. The van der Waals surface area contributed by atoms with Gasteiger partial charge in [-0.3, -0.25) is 0 Å². The molecule has 1 atom stereocenters. The van der Waals surface area contributed by atoms with Crippen molar-refractivity contribution in [2.24, 2.45) is 5.73 Å². The summed E-state index contributed by atoms with van der Waals surface area (Å²) in [5, 5.41) is 0. The van der Waals surface area contributed by atoms with E-state index in [2.05, 4.69) is 0 Å². The summed E-state index contributed by atoms with van der Waals surface area (Å²) in [6.45, 7) is 1.86. The molecule has 0 bridgehead atoms. The third-order valence-corrected chi connectivity index (χ3v) is 3.59. The van der Waals surface area contributed by atoms with Crippen LogP contribution in [0.2, 0.25) is 0 Å². The summed E-state index contributed by atoms with van der Waals surface area (Å²) in [5.74, 6) is -0.214. The molecule has 2 aromatic carbocycles. The van der Waals surface area contributed by atoms with Gasteiger partial charge in [-0.25, -0.2) is 4.39 Å². The molecule has 0 radical (unpaired) electrons. The summed E-state index contributed by atoms with van der Waals surface area (Å²) in [7, 11) is 0. The second kappa shape index (κ2) is 5.34. The normalized spacial score (nSPS) is 12.4. The van der Waals surface area contributed by atoms with Crippen molar-refractivity contribution in [3.8, 4) is 0 Å². The van der Waals surface area contributed by atoms with E-state index in [1.54, 1.807) is 6.07 Å². The fourth-order valence-corrected chi connectivity index (χ4v) is 2.66. The molecule has 0 fully saturated rings. The highest BCUT2D eigenvalue weighted by Crippen LogP contribution is 2.34. The van der Waals surface area contributed by atoms with Gasteiger partial charge < -0.3 is 5.73 Å². The van der Waals surface area contributed by atoms with Gasteiger partial charge in [-0.1, -0.05) is 42.1 Å². The lowest BCUT2D eigenvalue weighted by molar-refractivity contribution is 0.591. The number of rotatable bonds is 3. The topological polar surface area (TPSA) is 26.0 Å². The Labute approximate surface area is 105 Å². The van der Waals surface area contributed by atoms with Crippen LogP contribution < -0.4 is 5.73 Å². The lowest BCUT2D eigenvalue weighted by Crippen LogP contribution is -2.07. The molecule has 0 saturated heterocycles. The van der Waals surface area contributed by atoms with Crippen molar-refractivity contribution in [2.45, 2.75) is 22.8 Å². The van der Waals surface area contributed by atoms with Gasteiger partial charge >= 0.3 is 0 Å². The third kappa shape index (κ3) is 2.87. The summed E-state index contributed by atoms with van der Waals surface area (Å²) < 4.78 is 13.8. The van der Waals surface area contributed by atoms with Crippen molar-refractivity contribution in [1.82, 2.24) is 0 Å². The largest absolute Gasteiger partial charge is 0.324 e. The van der Waals surface area contributed by atoms with Crippen LogP contribution in [0.15, 0.2) is 58.3 Å². The third-order valence-electron chi connectivity index (χ3n) is 2.45. The number of hydrogen-bond donors (Lipinski definition) is 1. The first kappa shape index (κ1) is 12.1. The molecule has 0 spiro atoms. The van der Waals surface area contributed by atoms with Gasteiger partial charge in [0.1, 0.15) is 5.82 Å². The van der Waals surface area contributed by atoms with E-state index in [1.165, 1.54) is 17.8 Å². The zero-order chi connectivity index (χ0) is 12.3. The first-order valence-electron chi connectivity index (χ1n) is 5.45. The minimum atomic E-state index is -0.214. The Morgan fingerprint density at radius 3 is 2.41 bits per heavy atom. The Hall–Kier alpha value is -1.32. The molecule has 0 heterocycles. The highest BCUT2D eigenvalue weighted by molar-refractivity contribution is 7.99. The van der Waals surface area contributed by atoms with Crippen LogP contribution in [0.5, 0.6) is 0 Å². The van der Waals surface area contributed by atoms with Crippen molar-refractivity contribution in [1.29, 1.82) is 0 Å². The molecule has 2 N–H and O–H groups in total. The van der Waals surface area contributed by atoms with E-state index in [4.69, 9.17) is 5.73 Å². The minimum absolute atomic E-state index is 0.170. The summed E-state index contributed by atoms with van der Waals surface area (Å²) in [5.41, 5.74) is 6.70. The zero-order valence-corrected chi connectivity index (χ0v) is 10.4. The van der Waals surface area contributed by atoms with Crippen molar-refractivity contribution >= 4 is 11.8 Å². The first-order valence-corrected chi connectivity index (χ1v) is 6.27. The lowest BCUT2D eigenvalue weighted by Gasteiger charge is -2.12. The van der Waals surface area contributed by atoms with Crippen LogP contribution in [-0.4, -0.2) is 0 Å². The molecule has 0 aliphatic carbocycles. The molecule has 1 nitrogen and oxygen atoms in total. The second-order valence-corrected chi connectivity index (χ2v) is 4.95. The SMILES string of the molecule is C[C@H](N)c1cccc(F)c1Sc1ccccc1. The number of benzene rings is 2. The molecule has 0 saturated carbocycles. The maximum atomic E-state index is 13.8. The van der Waals surface area contributed by atoms with Gasteiger partial charge in [0.15, 0.2) is 0 Å². The molecule has 3 heteroatoms. The van der Waals surface area contributed by atoms with Gasteiger partial charge in [0.05, 0.1) is 4.90 Å². The van der Waals surface area contributed by atoms with Crippen LogP contribution in [-0.2, 0) is 0 Å². The van der Waals surface area contributed by atoms with Gasteiger partial charge in [-0.15, -0.1) is 0 Å². The van der Waals surface area contributed by atoms with Gasteiger partial charge in [-0.05, 0) is 30.7 Å². The molecule has 0 unspecified atom stereocenters. The maximum Gasteiger partial charge on any atom is 0.137 e. The number of hydrogen-bond acceptors (Lipinski definition) is 2. The second-order valence-electron chi connectivity index (χ2n) is 3.86. The van der Waals surface area contributed by atoms with Crippen molar-refractivity contribution < 1.29 is 4.39 Å². The minimum Gasteiger partial charge on any atom is -0.324 e. The molecule has 0 aliphatic rings. The van der Waals surface area contributed by atoms with E-state index >= 15 is 0 Å². The van der Waals surface area contributed by atoms with E-state index in [0.717, 1.165) is 10.5 Å². The molecular formula is C14H14FNS. The highest BCUT2D eigenvalue weighted by atomic mass is 32.2. The van der Waals surface area contributed by atoms with Crippen LogP contribution in [0, 0.1) is 5.82 Å². The fourth-order valence-electron chi connectivity index (χ4n) is 1.60. The van der Waals surface area contributed by atoms with Crippen molar-refractivity contribution in [3.05, 3.63) is 59.9 Å². The van der Waals surface area contributed by atoms with Crippen LogP contribution in [0.25, 0.3) is 0 Å². The highest BCUT2D eigenvalue weighted by Gasteiger charge is 2.12. The van der Waals surface area contributed by atoms with Crippen molar-refractivity contribution in [2.75, 3.05) is 0 Å². The molecule has 2 aromatic rings. The average molecular weight is 247 g/mol. The Morgan fingerprint density at radius 1 is 1.06 bits per heavy atom. The summed E-state index contributed by atoms with van der Waals surface area (Å²) in [6, 6.07) is 14.6. The summed E-state index contributed by atoms with van der Waals surface area (Å²) in [6.07, 6.45) is 0. The predicted molar refractivity (Wildman–Crippen MR) is 69.6 cm³/mol. The molecule has 2 rings (SSSR count). The molecule has 0 aromatic heterocycles. The smallest absolute Gasteiger partial charge is 0.137 e. The molecule has 0 aliphatic heterocycles. The van der Waals surface area contributed by atoms with Crippen LogP contribution >= 0.6 is 11.8 Å². The fraction of sp³-hybridized carbons (Fsp3) is 0.143. The average Bonchev–Trinajstić information content (AvgIpc) is 2.33. The van der Waals surface area contributed by atoms with Crippen LogP contribution in [0.1, 0.15) is 18.5 Å². The Kier molecular flexibility index (Phi) is 3.82. The predicted octanol–water partition coefficient (Wildman–Crippen LogP) is 4.00. The molecule has 88 valence electrons. The lowest BCUT2D eigenvalue weighted by atomic mass is 10.1. The molecule has 0 amide bonds. The summed E-state index contributed by atoms with van der Waals surface area (Å²) >= 11 is 1.41. The van der Waals surface area contributed by atoms with E-state index in [1.807, 2.05) is 43.3 Å². The first-order chi connectivity index (χ1) is 8.18. The Bertz CT molecular complexity index is 497. The van der Waals surface area contributed by atoms with E-state index < -0.39 is 0 Å².